The molecule has 8 heteroatoms. The zero-order valence-electron chi connectivity index (χ0n) is 16.2. The number of nitrogens with one attached hydrogen (secondary N) is 1. The van der Waals surface area contributed by atoms with E-state index in [1.165, 1.54) is 11.3 Å². The van der Waals surface area contributed by atoms with Crippen molar-refractivity contribution < 1.29 is 13.2 Å². The van der Waals surface area contributed by atoms with Gasteiger partial charge in [0.25, 0.3) is 0 Å². The van der Waals surface area contributed by atoms with Gasteiger partial charge in [0.15, 0.2) is 0 Å². The Hall–Kier alpha value is -1.51. The lowest BCUT2D eigenvalue weighted by molar-refractivity contribution is -0.135. The lowest BCUT2D eigenvalue weighted by Crippen LogP contribution is -2.53. The van der Waals surface area contributed by atoms with Crippen molar-refractivity contribution in [2.24, 2.45) is 11.8 Å². The molecule has 0 unspecified atom stereocenters. The normalized spacial score (nSPS) is 19.6. The third-order valence-corrected chi connectivity index (χ3v) is 7.33. The highest BCUT2D eigenvalue weighted by Gasteiger charge is 2.33. The lowest BCUT2D eigenvalue weighted by atomic mass is 9.97. The summed E-state index contributed by atoms with van der Waals surface area (Å²) in [5.74, 6) is 0.179. The maximum Gasteiger partial charge on any atom is 0.241 e. The fourth-order valence-electron chi connectivity index (χ4n) is 3.48. The molecule has 0 radical (unpaired) electrons. The summed E-state index contributed by atoms with van der Waals surface area (Å²) in [4.78, 5) is 19.3. The molecular formula is C19H27N3O3S2. The molecule has 3 rings (SSSR count). The maximum absolute atomic E-state index is 13.0. The van der Waals surface area contributed by atoms with Crippen LogP contribution >= 0.6 is 11.3 Å². The van der Waals surface area contributed by atoms with Crippen LogP contribution < -0.4 is 4.72 Å². The molecule has 2 heterocycles. The van der Waals surface area contributed by atoms with Gasteiger partial charge < -0.3 is 4.90 Å². The van der Waals surface area contributed by atoms with Gasteiger partial charge in [0.2, 0.25) is 15.9 Å². The van der Waals surface area contributed by atoms with Crippen molar-refractivity contribution in [1.82, 2.24) is 14.6 Å². The first-order valence-electron chi connectivity index (χ1n) is 9.35. The zero-order valence-corrected chi connectivity index (χ0v) is 17.9. The van der Waals surface area contributed by atoms with Crippen LogP contribution in [0.15, 0.2) is 23.1 Å². The molecule has 0 spiro atoms. The molecule has 1 amide bonds. The van der Waals surface area contributed by atoms with Crippen molar-refractivity contribution in [1.29, 1.82) is 0 Å². The summed E-state index contributed by atoms with van der Waals surface area (Å²) < 4.78 is 29.4. The number of hydrogen-bond donors (Lipinski definition) is 1. The van der Waals surface area contributed by atoms with E-state index in [2.05, 4.69) is 16.6 Å². The molecule has 6 nitrogen and oxygen atoms in total. The number of aryl methyl sites for hydroxylation is 1. The Morgan fingerprint density at radius 1 is 1.37 bits per heavy atom. The Kier molecular flexibility index (Phi) is 5.88. The van der Waals surface area contributed by atoms with Crippen molar-refractivity contribution in [2.45, 2.75) is 51.5 Å². The number of fused-ring (bicyclic) bond motifs is 1. The molecular weight excluding hydrogens is 382 g/mol. The SMILES string of the molecule is Cc1nc2ccc(S(=O)(=O)N[C@H](C(=O)N3CCC[C@@H](C)C3)C(C)C)cc2s1. The van der Waals surface area contributed by atoms with Crippen molar-refractivity contribution in [3.05, 3.63) is 23.2 Å². The predicted octanol–water partition coefficient (Wildman–Crippen LogP) is 3.17. The van der Waals surface area contributed by atoms with Gasteiger partial charge in [-0.25, -0.2) is 13.4 Å². The topological polar surface area (TPSA) is 79.4 Å². The molecule has 2 atom stereocenters. The Morgan fingerprint density at radius 3 is 2.78 bits per heavy atom. The molecule has 1 aliphatic rings. The smallest absolute Gasteiger partial charge is 0.241 e. The number of piperidine rings is 1. The third kappa shape index (κ3) is 4.50. The summed E-state index contributed by atoms with van der Waals surface area (Å²) in [6.07, 6.45) is 2.07. The number of nitrogens with zero attached hydrogens (tertiary/aromatic N) is 2. The van der Waals surface area contributed by atoms with Crippen LogP contribution in [0.4, 0.5) is 0 Å². The van der Waals surface area contributed by atoms with Crippen LogP contribution in [-0.2, 0) is 14.8 Å². The maximum atomic E-state index is 13.0. The standard InChI is InChI=1S/C19H27N3O3S2/c1-12(2)18(19(23)22-9-5-6-13(3)11-22)21-27(24,25)15-7-8-16-17(10-15)26-14(4)20-16/h7-8,10,12-13,18,21H,5-6,9,11H2,1-4H3/t13-,18+/m1/s1. The molecule has 0 bridgehead atoms. The number of carbonyl (C=O) groups is 1. The van der Waals surface area contributed by atoms with Crippen LogP contribution in [-0.4, -0.2) is 43.3 Å². The van der Waals surface area contributed by atoms with Crippen LogP contribution in [0.3, 0.4) is 0 Å². The van der Waals surface area contributed by atoms with Crippen molar-refractivity contribution >= 4 is 37.5 Å². The van der Waals surface area contributed by atoms with E-state index in [0.717, 1.165) is 28.1 Å². The number of likely N-dealkylation sites (tertiary alicyclic amines) is 1. The van der Waals surface area contributed by atoms with E-state index in [0.29, 0.717) is 19.0 Å². The van der Waals surface area contributed by atoms with E-state index < -0.39 is 16.1 Å². The molecule has 1 aliphatic heterocycles. The van der Waals surface area contributed by atoms with Gasteiger partial charge in [-0.2, -0.15) is 4.72 Å². The molecule has 148 valence electrons. The molecule has 1 fully saturated rings. The van der Waals surface area contributed by atoms with E-state index in [1.807, 2.05) is 20.8 Å². The molecule has 1 aromatic carbocycles. The average molecular weight is 410 g/mol. The summed E-state index contributed by atoms with van der Waals surface area (Å²) in [7, 11) is -3.80. The van der Waals surface area contributed by atoms with Gasteiger partial charge >= 0.3 is 0 Å². The highest BCUT2D eigenvalue weighted by atomic mass is 32.2. The van der Waals surface area contributed by atoms with Crippen LogP contribution in [0.2, 0.25) is 0 Å². The van der Waals surface area contributed by atoms with E-state index in [1.54, 1.807) is 23.1 Å². The Balaban J connectivity index is 1.84. The number of sulfonamides is 1. The largest absolute Gasteiger partial charge is 0.341 e. The van der Waals surface area contributed by atoms with E-state index >= 15 is 0 Å². The summed E-state index contributed by atoms with van der Waals surface area (Å²) >= 11 is 1.46. The van der Waals surface area contributed by atoms with Gasteiger partial charge in [0.1, 0.15) is 6.04 Å². The van der Waals surface area contributed by atoms with Gasteiger partial charge in [-0.1, -0.05) is 20.8 Å². The minimum absolute atomic E-state index is 0.130. The van der Waals surface area contributed by atoms with Crippen LogP contribution in [0.1, 0.15) is 38.6 Å². The molecule has 0 aliphatic carbocycles. The lowest BCUT2D eigenvalue weighted by Gasteiger charge is -2.34. The van der Waals surface area contributed by atoms with Crippen molar-refractivity contribution in [2.75, 3.05) is 13.1 Å². The van der Waals surface area contributed by atoms with Crippen molar-refractivity contribution in [3.8, 4) is 0 Å². The molecule has 27 heavy (non-hydrogen) atoms. The molecule has 1 aromatic heterocycles. The first-order chi connectivity index (χ1) is 12.7. The molecule has 2 aromatic rings. The summed E-state index contributed by atoms with van der Waals surface area (Å²) in [6.45, 7) is 9.14. The van der Waals surface area contributed by atoms with Gasteiger partial charge in [0, 0.05) is 13.1 Å². The van der Waals surface area contributed by atoms with Crippen LogP contribution in [0.25, 0.3) is 10.2 Å². The second-order valence-electron chi connectivity index (χ2n) is 7.74. The second kappa shape index (κ2) is 7.85. The number of aromatic nitrogens is 1. The highest BCUT2D eigenvalue weighted by molar-refractivity contribution is 7.89. The Morgan fingerprint density at radius 2 is 2.11 bits per heavy atom. The number of hydrogen-bond acceptors (Lipinski definition) is 5. The number of rotatable bonds is 5. The van der Waals surface area contributed by atoms with Crippen LogP contribution in [0, 0.1) is 18.8 Å². The highest BCUT2D eigenvalue weighted by Crippen LogP contribution is 2.25. The average Bonchev–Trinajstić information content (AvgIpc) is 2.98. The first-order valence-corrected chi connectivity index (χ1v) is 11.7. The summed E-state index contributed by atoms with van der Waals surface area (Å²) in [5, 5.41) is 0.891. The minimum Gasteiger partial charge on any atom is -0.341 e. The second-order valence-corrected chi connectivity index (χ2v) is 10.7. The number of thiazole rings is 1. The van der Waals surface area contributed by atoms with E-state index in [9.17, 15) is 13.2 Å². The fraction of sp³-hybridized carbons (Fsp3) is 0.579. The molecule has 1 saturated heterocycles. The number of benzene rings is 1. The summed E-state index contributed by atoms with van der Waals surface area (Å²) in [5.41, 5.74) is 0.787. The third-order valence-electron chi connectivity index (χ3n) is 4.96. The number of carbonyl (C=O) groups excluding carboxylic acids is 1. The summed E-state index contributed by atoms with van der Waals surface area (Å²) in [6, 6.07) is 4.13. The Bertz CT molecular complexity index is 937. The monoisotopic (exact) mass is 409 g/mol. The molecule has 0 saturated carbocycles. The van der Waals surface area contributed by atoms with Gasteiger partial charge in [-0.05, 0) is 49.8 Å². The predicted molar refractivity (Wildman–Crippen MR) is 108 cm³/mol. The number of amides is 1. The Labute approximate surface area is 165 Å². The molecule has 1 N–H and O–H groups in total. The van der Waals surface area contributed by atoms with Crippen molar-refractivity contribution in [3.63, 3.8) is 0 Å². The van der Waals surface area contributed by atoms with E-state index in [-0.39, 0.29) is 16.7 Å². The first kappa shape index (κ1) is 20.2. The van der Waals surface area contributed by atoms with Gasteiger partial charge in [-0.15, -0.1) is 11.3 Å². The van der Waals surface area contributed by atoms with Crippen LogP contribution in [0.5, 0.6) is 0 Å². The van der Waals surface area contributed by atoms with Gasteiger partial charge in [-0.3, -0.25) is 4.79 Å². The van der Waals surface area contributed by atoms with Gasteiger partial charge in [0.05, 0.1) is 20.1 Å². The minimum atomic E-state index is -3.80. The fourth-order valence-corrected chi connectivity index (χ4v) is 5.78. The van der Waals surface area contributed by atoms with E-state index in [4.69, 9.17) is 0 Å². The quantitative estimate of drug-likeness (QED) is 0.823. The zero-order chi connectivity index (χ0) is 19.8.